The third-order valence-electron chi connectivity index (χ3n) is 2.57. The molecule has 1 aromatic heterocycles. The number of benzene rings is 1. The van der Waals surface area contributed by atoms with Gasteiger partial charge >= 0.3 is 0 Å². The molecule has 0 amide bonds. The smallest absolute Gasteiger partial charge is 0.141 e. The molecule has 0 atom stereocenters. The molecule has 4 heteroatoms. The van der Waals surface area contributed by atoms with E-state index in [1.807, 2.05) is 26.0 Å². The summed E-state index contributed by atoms with van der Waals surface area (Å²) in [5.41, 5.74) is 8.06. The van der Waals surface area contributed by atoms with Crippen LogP contribution in [0.4, 0.5) is 0 Å². The Morgan fingerprint density at radius 1 is 1.22 bits per heavy atom. The van der Waals surface area contributed by atoms with Gasteiger partial charge in [-0.25, -0.2) is 0 Å². The number of rotatable bonds is 3. The highest BCUT2D eigenvalue weighted by atomic mass is 16.5. The number of hydrogen-bond donors (Lipinski definition) is 2. The highest BCUT2D eigenvalue weighted by Crippen LogP contribution is 2.25. The van der Waals surface area contributed by atoms with E-state index in [4.69, 9.17) is 15.9 Å². The fourth-order valence-electron chi connectivity index (χ4n) is 1.66. The third-order valence-corrected chi connectivity index (χ3v) is 2.57. The van der Waals surface area contributed by atoms with Crippen LogP contribution < -0.4 is 10.5 Å². The summed E-state index contributed by atoms with van der Waals surface area (Å²) in [5, 5.41) is 7.34. The first kappa shape index (κ1) is 12.1. The van der Waals surface area contributed by atoms with Crippen molar-refractivity contribution in [2.75, 3.05) is 0 Å². The molecule has 4 nitrogen and oxygen atoms in total. The lowest BCUT2D eigenvalue weighted by molar-refractivity contribution is 0.478. The fourth-order valence-corrected chi connectivity index (χ4v) is 1.66. The number of aromatic nitrogens is 1. The number of pyridine rings is 1. The van der Waals surface area contributed by atoms with Crippen LogP contribution in [0.1, 0.15) is 16.8 Å². The van der Waals surface area contributed by atoms with Crippen LogP contribution >= 0.6 is 0 Å². The zero-order chi connectivity index (χ0) is 13.1. The van der Waals surface area contributed by atoms with Gasteiger partial charge in [-0.3, -0.25) is 10.4 Å². The van der Waals surface area contributed by atoms with Crippen molar-refractivity contribution < 1.29 is 4.74 Å². The Bertz CT molecular complexity index is 593. The number of nitrogens with one attached hydrogen (secondary N) is 1. The van der Waals surface area contributed by atoms with Crippen LogP contribution in [0.2, 0.25) is 0 Å². The molecule has 0 saturated heterocycles. The summed E-state index contributed by atoms with van der Waals surface area (Å²) in [6.45, 7) is 4.03. The summed E-state index contributed by atoms with van der Waals surface area (Å²) >= 11 is 0. The third kappa shape index (κ3) is 2.66. The van der Waals surface area contributed by atoms with E-state index >= 15 is 0 Å². The van der Waals surface area contributed by atoms with Crippen molar-refractivity contribution in [1.29, 1.82) is 5.41 Å². The van der Waals surface area contributed by atoms with Gasteiger partial charge in [-0.1, -0.05) is 17.7 Å². The van der Waals surface area contributed by atoms with Crippen LogP contribution in [0.15, 0.2) is 36.5 Å². The van der Waals surface area contributed by atoms with Crippen molar-refractivity contribution >= 4 is 5.84 Å². The minimum absolute atomic E-state index is 0.0684. The van der Waals surface area contributed by atoms with Gasteiger partial charge in [-0.05, 0) is 31.5 Å². The molecule has 92 valence electrons. The summed E-state index contributed by atoms with van der Waals surface area (Å²) in [6.07, 6.45) is 1.58. The van der Waals surface area contributed by atoms with E-state index in [2.05, 4.69) is 11.1 Å². The van der Waals surface area contributed by atoms with Crippen LogP contribution in [0.5, 0.6) is 11.5 Å². The first-order valence-electron chi connectivity index (χ1n) is 5.62. The molecule has 0 radical (unpaired) electrons. The number of amidine groups is 1. The number of nitrogens with two attached hydrogens (primary N) is 1. The molecule has 0 spiro atoms. The quantitative estimate of drug-likeness (QED) is 0.641. The van der Waals surface area contributed by atoms with Gasteiger partial charge in [0.1, 0.15) is 23.0 Å². The maximum absolute atomic E-state index is 7.34. The summed E-state index contributed by atoms with van der Waals surface area (Å²) in [6, 6.07) is 9.38. The van der Waals surface area contributed by atoms with Gasteiger partial charge in [0.15, 0.2) is 0 Å². The minimum Gasteiger partial charge on any atom is -0.457 e. The van der Waals surface area contributed by atoms with Crippen LogP contribution in [0.3, 0.4) is 0 Å². The fraction of sp³-hybridized carbons (Fsp3) is 0.143. The molecule has 0 bridgehead atoms. The predicted molar refractivity (Wildman–Crippen MR) is 71.2 cm³/mol. The molecule has 0 aliphatic carbocycles. The van der Waals surface area contributed by atoms with E-state index in [9.17, 15) is 0 Å². The molecule has 0 unspecified atom stereocenters. The minimum atomic E-state index is -0.0684. The molecule has 0 aliphatic rings. The lowest BCUT2D eigenvalue weighted by Crippen LogP contribution is -2.12. The van der Waals surface area contributed by atoms with Gasteiger partial charge < -0.3 is 10.5 Å². The molecule has 18 heavy (non-hydrogen) atoms. The van der Waals surface area contributed by atoms with Crippen LogP contribution in [-0.4, -0.2) is 10.8 Å². The highest BCUT2D eigenvalue weighted by Gasteiger charge is 2.04. The molecule has 1 heterocycles. The van der Waals surface area contributed by atoms with Gasteiger partial charge in [-0.15, -0.1) is 0 Å². The Balaban J connectivity index is 2.28. The molecule has 2 rings (SSSR count). The number of nitrogens with zero attached hydrogens (tertiary/aromatic N) is 1. The van der Waals surface area contributed by atoms with E-state index in [-0.39, 0.29) is 5.84 Å². The first-order valence-corrected chi connectivity index (χ1v) is 5.62. The molecular formula is C14H15N3O. The van der Waals surface area contributed by atoms with E-state index in [0.29, 0.717) is 11.4 Å². The molecule has 1 aromatic carbocycles. The van der Waals surface area contributed by atoms with E-state index in [0.717, 1.165) is 11.3 Å². The summed E-state index contributed by atoms with van der Waals surface area (Å²) in [5.74, 6) is 1.35. The van der Waals surface area contributed by atoms with Gasteiger partial charge in [0.2, 0.25) is 0 Å². The zero-order valence-corrected chi connectivity index (χ0v) is 10.4. The number of nitrogen functional groups attached to an aromatic ring is 1. The highest BCUT2D eigenvalue weighted by molar-refractivity contribution is 5.93. The maximum Gasteiger partial charge on any atom is 0.141 e. The standard InChI is InChI=1S/C14H15N3O/c1-9-3-4-13(10(2)7-9)18-11-5-6-17-12(8-11)14(15)16/h3-8H,1-2H3,(H3,15,16). The van der Waals surface area contributed by atoms with Gasteiger partial charge in [0.25, 0.3) is 0 Å². The van der Waals surface area contributed by atoms with Crippen LogP contribution in [0.25, 0.3) is 0 Å². The molecule has 0 fully saturated rings. The van der Waals surface area contributed by atoms with Crippen molar-refractivity contribution in [3.8, 4) is 11.5 Å². The maximum atomic E-state index is 7.34. The van der Waals surface area contributed by atoms with Crippen molar-refractivity contribution in [1.82, 2.24) is 4.98 Å². The summed E-state index contributed by atoms with van der Waals surface area (Å²) in [4.78, 5) is 3.99. The Kier molecular flexibility index (Phi) is 3.28. The van der Waals surface area contributed by atoms with Gasteiger partial charge in [-0.2, -0.15) is 0 Å². The first-order chi connectivity index (χ1) is 8.56. The lowest BCUT2D eigenvalue weighted by Gasteiger charge is -2.09. The van der Waals surface area contributed by atoms with E-state index in [1.54, 1.807) is 18.3 Å². The largest absolute Gasteiger partial charge is 0.457 e. The Morgan fingerprint density at radius 3 is 2.67 bits per heavy atom. The SMILES string of the molecule is Cc1ccc(Oc2ccnc(C(=N)N)c2)c(C)c1. The number of aryl methyl sites for hydroxylation is 2. The van der Waals surface area contributed by atoms with Crippen LogP contribution in [-0.2, 0) is 0 Å². The Morgan fingerprint density at radius 2 is 2.00 bits per heavy atom. The van der Waals surface area contributed by atoms with Crippen molar-refractivity contribution in [2.24, 2.45) is 5.73 Å². The van der Waals surface area contributed by atoms with E-state index < -0.39 is 0 Å². The Labute approximate surface area is 106 Å². The van der Waals surface area contributed by atoms with E-state index in [1.165, 1.54) is 5.56 Å². The van der Waals surface area contributed by atoms with Crippen molar-refractivity contribution in [3.63, 3.8) is 0 Å². The second kappa shape index (κ2) is 4.87. The van der Waals surface area contributed by atoms with Crippen molar-refractivity contribution in [3.05, 3.63) is 53.3 Å². The summed E-state index contributed by atoms with van der Waals surface area (Å²) < 4.78 is 5.76. The lowest BCUT2D eigenvalue weighted by atomic mass is 10.1. The monoisotopic (exact) mass is 241 g/mol. The zero-order valence-electron chi connectivity index (χ0n) is 10.4. The predicted octanol–water partition coefficient (Wildman–Crippen LogP) is 2.77. The van der Waals surface area contributed by atoms with Gasteiger partial charge in [0, 0.05) is 12.3 Å². The average molecular weight is 241 g/mol. The molecule has 3 N–H and O–H groups in total. The summed E-state index contributed by atoms with van der Waals surface area (Å²) in [7, 11) is 0. The average Bonchev–Trinajstić information content (AvgIpc) is 2.33. The topological polar surface area (TPSA) is 72.0 Å². The van der Waals surface area contributed by atoms with Crippen molar-refractivity contribution in [2.45, 2.75) is 13.8 Å². The molecule has 2 aromatic rings. The molecule has 0 aliphatic heterocycles. The normalized spacial score (nSPS) is 10.1. The second-order valence-electron chi connectivity index (χ2n) is 4.16. The van der Waals surface area contributed by atoms with Gasteiger partial charge in [0.05, 0.1) is 0 Å². The molecular weight excluding hydrogens is 226 g/mol. The second-order valence-corrected chi connectivity index (χ2v) is 4.16. The Hall–Kier alpha value is -2.36. The number of hydrogen-bond acceptors (Lipinski definition) is 3. The van der Waals surface area contributed by atoms with Crippen LogP contribution in [0, 0.1) is 19.3 Å². The number of ether oxygens (including phenoxy) is 1. The molecule has 0 saturated carbocycles.